The van der Waals surface area contributed by atoms with Crippen LogP contribution in [-0.4, -0.2) is 33.1 Å². The fourth-order valence-electron chi connectivity index (χ4n) is 3.90. The van der Waals surface area contributed by atoms with Gasteiger partial charge in [-0.1, -0.05) is 12.1 Å². The summed E-state index contributed by atoms with van der Waals surface area (Å²) in [5, 5.41) is 18.0. The van der Waals surface area contributed by atoms with E-state index in [0.717, 1.165) is 58.5 Å². The van der Waals surface area contributed by atoms with Crippen molar-refractivity contribution < 1.29 is 4.39 Å². The van der Waals surface area contributed by atoms with Gasteiger partial charge in [-0.3, -0.25) is 4.68 Å². The van der Waals surface area contributed by atoms with Crippen LogP contribution >= 0.6 is 0 Å². The first-order valence-corrected chi connectivity index (χ1v) is 9.41. The Hall–Kier alpha value is -3.12. The van der Waals surface area contributed by atoms with Crippen LogP contribution in [-0.2, 0) is 7.05 Å². The summed E-state index contributed by atoms with van der Waals surface area (Å²) in [6.45, 7) is 3.70. The van der Waals surface area contributed by atoms with E-state index in [1.165, 1.54) is 0 Å². The minimum absolute atomic E-state index is 0.277. The number of rotatable bonds is 2. The number of benzene rings is 2. The van der Waals surface area contributed by atoms with E-state index in [4.69, 9.17) is 0 Å². The van der Waals surface area contributed by atoms with Crippen molar-refractivity contribution in [3.05, 3.63) is 59.7 Å². The molecule has 0 aliphatic carbocycles. The Labute approximate surface area is 161 Å². The Morgan fingerprint density at radius 2 is 1.93 bits per heavy atom. The van der Waals surface area contributed by atoms with Gasteiger partial charge in [-0.25, -0.2) is 4.39 Å². The van der Waals surface area contributed by atoms with Crippen molar-refractivity contribution >= 4 is 27.4 Å². The summed E-state index contributed by atoms with van der Waals surface area (Å²) in [5.74, 6) is -0.277. The number of fused-ring (bicyclic) bond motifs is 2. The van der Waals surface area contributed by atoms with Crippen LogP contribution in [0, 0.1) is 12.7 Å². The zero-order chi connectivity index (χ0) is 19.3. The van der Waals surface area contributed by atoms with Crippen molar-refractivity contribution in [3.63, 3.8) is 0 Å². The zero-order valence-corrected chi connectivity index (χ0v) is 15.8. The molecule has 0 amide bonds. The minimum atomic E-state index is -0.277. The molecule has 0 fully saturated rings. The fraction of sp³-hybridized carbons (Fsp3) is 0.227. The monoisotopic (exact) mass is 373 g/mol. The lowest BCUT2D eigenvalue weighted by Gasteiger charge is -2.13. The van der Waals surface area contributed by atoms with Crippen molar-refractivity contribution in [3.8, 4) is 11.1 Å². The van der Waals surface area contributed by atoms with Crippen molar-refractivity contribution in [2.75, 3.05) is 13.1 Å². The molecule has 2 aromatic carbocycles. The fourth-order valence-corrected chi connectivity index (χ4v) is 3.90. The molecule has 1 N–H and O–H groups in total. The predicted octanol–water partition coefficient (Wildman–Crippen LogP) is 4.01. The summed E-state index contributed by atoms with van der Waals surface area (Å²) >= 11 is 0. The molecule has 5 nitrogen and oxygen atoms in total. The van der Waals surface area contributed by atoms with E-state index < -0.39 is 0 Å². The lowest BCUT2D eigenvalue weighted by molar-refractivity contribution is 0.639. The normalized spacial score (nSPS) is 14.6. The smallest absolute Gasteiger partial charge is 0.133 e. The SMILES string of the molecule is Cc1nn(C)c2ccc(-c3cc(F)c4cc(C5=CCNCC5)nnc4c3)cc12. The summed E-state index contributed by atoms with van der Waals surface area (Å²) < 4.78 is 16.8. The van der Waals surface area contributed by atoms with Gasteiger partial charge < -0.3 is 5.32 Å². The van der Waals surface area contributed by atoms with E-state index in [0.29, 0.717) is 10.9 Å². The highest BCUT2D eigenvalue weighted by molar-refractivity contribution is 5.90. The molecule has 0 bridgehead atoms. The number of halogens is 1. The first-order chi connectivity index (χ1) is 13.6. The maximum Gasteiger partial charge on any atom is 0.133 e. The molecule has 6 heteroatoms. The van der Waals surface area contributed by atoms with E-state index in [1.54, 1.807) is 6.07 Å². The number of hydrogen-bond donors (Lipinski definition) is 1. The maximum atomic E-state index is 15.0. The molecule has 1 aliphatic rings. The van der Waals surface area contributed by atoms with Crippen molar-refractivity contribution in [1.29, 1.82) is 0 Å². The van der Waals surface area contributed by atoms with Crippen LogP contribution in [0.4, 0.5) is 4.39 Å². The summed E-state index contributed by atoms with van der Waals surface area (Å²) in [5.41, 5.74) is 6.19. The molecule has 4 aromatic rings. The summed E-state index contributed by atoms with van der Waals surface area (Å²) in [6.07, 6.45) is 2.97. The van der Waals surface area contributed by atoms with E-state index in [1.807, 2.05) is 42.9 Å². The number of nitrogens with zero attached hydrogens (tertiary/aromatic N) is 4. The van der Waals surface area contributed by atoms with Crippen molar-refractivity contribution in [2.45, 2.75) is 13.3 Å². The zero-order valence-electron chi connectivity index (χ0n) is 15.8. The van der Waals surface area contributed by atoms with Crippen molar-refractivity contribution in [1.82, 2.24) is 25.3 Å². The Bertz CT molecular complexity index is 1250. The molecule has 5 rings (SSSR count). The third-order valence-electron chi connectivity index (χ3n) is 5.42. The standard InChI is InChI=1S/C22H20FN5/c1-13-17-9-15(3-4-22(17)28(2)27-13)16-10-19(23)18-12-20(25-26-21(18)11-16)14-5-7-24-8-6-14/h3-5,9-12,24H,6-8H2,1-2H3. The second-order valence-electron chi connectivity index (χ2n) is 7.24. The summed E-state index contributed by atoms with van der Waals surface area (Å²) in [4.78, 5) is 0. The Morgan fingerprint density at radius 3 is 2.75 bits per heavy atom. The molecule has 3 heterocycles. The average molecular weight is 373 g/mol. The number of aromatic nitrogens is 4. The molecule has 1 aliphatic heterocycles. The largest absolute Gasteiger partial charge is 0.313 e. The van der Waals surface area contributed by atoms with Crippen LogP contribution in [0.3, 0.4) is 0 Å². The highest BCUT2D eigenvalue weighted by Gasteiger charge is 2.13. The van der Waals surface area contributed by atoms with Gasteiger partial charge in [0, 0.05) is 24.4 Å². The van der Waals surface area contributed by atoms with E-state index >= 15 is 0 Å². The predicted molar refractivity (Wildman–Crippen MR) is 109 cm³/mol. The van der Waals surface area contributed by atoms with Crippen LogP contribution in [0.25, 0.3) is 38.5 Å². The van der Waals surface area contributed by atoms with Gasteiger partial charge in [0.2, 0.25) is 0 Å². The lowest BCUT2D eigenvalue weighted by atomic mass is 10.00. The lowest BCUT2D eigenvalue weighted by Crippen LogP contribution is -2.20. The van der Waals surface area contributed by atoms with Crippen LogP contribution in [0.15, 0.2) is 42.5 Å². The summed E-state index contributed by atoms with van der Waals surface area (Å²) in [7, 11) is 1.93. The number of hydrogen-bond acceptors (Lipinski definition) is 4. The van der Waals surface area contributed by atoms with E-state index in [9.17, 15) is 4.39 Å². The Balaban J connectivity index is 1.61. The van der Waals surface area contributed by atoms with Gasteiger partial charge in [-0.05, 0) is 66.9 Å². The van der Waals surface area contributed by atoms with Gasteiger partial charge in [-0.2, -0.15) is 10.2 Å². The van der Waals surface area contributed by atoms with Gasteiger partial charge in [-0.15, -0.1) is 5.10 Å². The molecule has 0 saturated heterocycles. The van der Waals surface area contributed by atoms with Crippen LogP contribution in [0.2, 0.25) is 0 Å². The van der Waals surface area contributed by atoms with Gasteiger partial charge in [0.15, 0.2) is 0 Å². The van der Waals surface area contributed by atoms with Crippen molar-refractivity contribution in [2.24, 2.45) is 7.05 Å². The molecular weight excluding hydrogens is 353 g/mol. The Morgan fingerprint density at radius 1 is 1.04 bits per heavy atom. The Kier molecular flexibility index (Phi) is 3.94. The first kappa shape index (κ1) is 17.0. The molecule has 0 saturated carbocycles. The summed E-state index contributed by atoms with van der Waals surface area (Å²) in [6, 6.07) is 11.4. The van der Waals surface area contributed by atoms with Gasteiger partial charge in [0.1, 0.15) is 5.82 Å². The second kappa shape index (κ2) is 6.49. The van der Waals surface area contributed by atoms with Gasteiger partial charge in [0.05, 0.1) is 22.4 Å². The number of aryl methyl sites for hydroxylation is 2. The highest BCUT2D eigenvalue weighted by Crippen LogP contribution is 2.30. The average Bonchev–Trinajstić information content (AvgIpc) is 3.01. The third-order valence-corrected chi connectivity index (χ3v) is 5.42. The second-order valence-corrected chi connectivity index (χ2v) is 7.24. The molecule has 28 heavy (non-hydrogen) atoms. The first-order valence-electron chi connectivity index (χ1n) is 9.41. The molecule has 0 atom stereocenters. The maximum absolute atomic E-state index is 15.0. The van der Waals surface area contributed by atoms with E-state index in [2.05, 4.69) is 32.8 Å². The van der Waals surface area contributed by atoms with Crippen LogP contribution in [0.5, 0.6) is 0 Å². The number of nitrogens with one attached hydrogen (secondary N) is 1. The van der Waals surface area contributed by atoms with Gasteiger partial charge >= 0.3 is 0 Å². The topological polar surface area (TPSA) is 55.6 Å². The third kappa shape index (κ3) is 2.77. The molecule has 0 spiro atoms. The minimum Gasteiger partial charge on any atom is -0.313 e. The van der Waals surface area contributed by atoms with Gasteiger partial charge in [0.25, 0.3) is 0 Å². The van der Waals surface area contributed by atoms with Crippen LogP contribution < -0.4 is 5.32 Å². The molecular formula is C22H20FN5. The molecule has 140 valence electrons. The molecule has 0 radical (unpaired) electrons. The quantitative estimate of drug-likeness (QED) is 0.577. The highest BCUT2D eigenvalue weighted by atomic mass is 19.1. The van der Waals surface area contributed by atoms with E-state index in [-0.39, 0.29) is 5.82 Å². The molecule has 2 aromatic heterocycles. The molecule has 0 unspecified atom stereocenters. The van der Waals surface area contributed by atoms with Crippen LogP contribution in [0.1, 0.15) is 17.8 Å².